The molecule has 3 heterocycles. The van der Waals surface area contributed by atoms with Gasteiger partial charge in [0.25, 0.3) is 11.7 Å². The number of fused-ring (bicyclic) bond motifs is 2. The Morgan fingerprint density at radius 2 is 1.91 bits per heavy atom. The summed E-state index contributed by atoms with van der Waals surface area (Å²) in [4.78, 5) is 20.3. The van der Waals surface area contributed by atoms with Crippen LogP contribution in [0.2, 0.25) is 0 Å². The number of benzene rings is 1. The van der Waals surface area contributed by atoms with Gasteiger partial charge in [-0.05, 0) is 73.6 Å². The molecular formula is C27H31N3O4S. The van der Waals surface area contributed by atoms with E-state index < -0.39 is 25.9 Å². The second-order valence-electron chi connectivity index (χ2n) is 11.1. The van der Waals surface area contributed by atoms with Gasteiger partial charge < -0.3 is 15.3 Å². The minimum Gasteiger partial charge on any atom is -0.385 e. The lowest BCUT2D eigenvalue weighted by Gasteiger charge is -2.37. The molecule has 2 fully saturated rings. The van der Waals surface area contributed by atoms with Gasteiger partial charge in [0.05, 0.1) is 16.1 Å². The molecule has 4 aliphatic rings. The van der Waals surface area contributed by atoms with Gasteiger partial charge in [0.15, 0.2) is 15.5 Å². The van der Waals surface area contributed by atoms with E-state index in [9.17, 15) is 18.3 Å². The molecule has 0 aromatic heterocycles. The van der Waals surface area contributed by atoms with Crippen LogP contribution >= 0.6 is 0 Å². The van der Waals surface area contributed by atoms with Crippen LogP contribution in [0.4, 0.5) is 5.69 Å². The van der Waals surface area contributed by atoms with Crippen LogP contribution in [0, 0.1) is 12.0 Å². The monoisotopic (exact) mass is 493 g/mol. The number of hydrogen-bond donors (Lipinski definition) is 2. The molecule has 2 atom stereocenters. The molecule has 1 aromatic rings. The van der Waals surface area contributed by atoms with E-state index in [4.69, 9.17) is 6.57 Å². The van der Waals surface area contributed by atoms with Crippen LogP contribution in [0.1, 0.15) is 76.3 Å². The Balaban J connectivity index is 1.49. The van der Waals surface area contributed by atoms with Gasteiger partial charge in [0, 0.05) is 17.7 Å². The van der Waals surface area contributed by atoms with Crippen molar-refractivity contribution in [2.24, 2.45) is 10.4 Å². The van der Waals surface area contributed by atoms with Crippen molar-refractivity contribution in [3.63, 3.8) is 0 Å². The van der Waals surface area contributed by atoms with Crippen LogP contribution in [0.25, 0.3) is 10.4 Å². The van der Waals surface area contributed by atoms with Crippen LogP contribution in [0.5, 0.6) is 0 Å². The topological polar surface area (TPSA) is 100 Å². The number of allylic oxidation sites excluding steroid dienone is 3. The molecule has 184 valence electrons. The van der Waals surface area contributed by atoms with E-state index in [2.05, 4.69) is 35.1 Å². The molecule has 2 saturated heterocycles. The molecule has 0 saturated carbocycles. The van der Waals surface area contributed by atoms with Gasteiger partial charge in [-0.1, -0.05) is 38.6 Å². The fourth-order valence-electron chi connectivity index (χ4n) is 5.84. The summed E-state index contributed by atoms with van der Waals surface area (Å²) in [5.41, 5.74) is 2.63. The lowest BCUT2D eigenvalue weighted by molar-refractivity contribution is -0.110. The van der Waals surface area contributed by atoms with E-state index in [1.165, 1.54) is 0 Å². The van der Waals surface area contributed by atoms with E-state index in [0.717, 1.165) is 30.4 Å². The number of nitrogens with one attached hydrogen (secondary N) is 1. The number of amides is 1. The van der Waals surface area contributed by atoms with Crippen LogP contribution in [-0.4, -0.2) is 35.6 Å². The van der Waals surface area contributed by atoms with Gasteiger partial charge in [-0.25, -0.2) is 8.42 Å². The largest absolute Gasteiger partial charge is 0.385 e. The summed E-state index contributed by atoms with van der Waals surface area (Å²) in [7, 11) is -3.16. The minimum absolute atomic E-state index is 0.208. The zero-order chi connectivity index (χ0) is 25.0. The number of anilines is 1. The van der Waals surface area contributed by atoms with Crippen molar-refractivity contribution >= 4 is 32.7 Å². The maximum atomic E-state index is 12.9. The summed E-state index contributed by atoms with van der Waals surface area (Å²) in [6.45, 7) is 11.6. The Morgan fingerprint density at radius 3 is 2.51 bits per heavy atom. The zero-order valence-corrected chi connectivity index (χ0v) is 21.0. The van der Waals surface area contributed by atoms with Crippen molar-refractivity contribution in [3.05, 3.63) is 58.7 Å². The van der Waals surface area contributed by atoms with Crippen molar-refractivity contribution < 1.29 is 18.3 Å². The number of carbonyl (C=O) groups excluding carboxylic acids is 1. The van der Waals surface area contributed by atoms with Gasteiger partial charge in [-0.3, -0.25) is 4.79 Å². The molecule has 1 aromatic carbocycles. The van der Waals surface area contributed by atoms with Crippen molar-refractivity contribution in [1.82, 2.24) is 0 Å². The van der Waals surface area contributed by atoms with Crippen molar-refractivity contribution in [3.8, 4) is 0 Å². The molecule has 0 spiro atoms. The molecule has 0 radical (unpaired) electrons. The first-order chi connectivity index (χ1) is 16.5. The second-order valence-corrected chi connectivity index (χ2v) is 13.6. The smallest absolute Gasteiger partial charge is 0.293 e. The molecule has 8 heteroatoms. The lowest BCUT2D eigenvalue weighted by Crippen LogP contribution is -2.43. The second kappa shape index (κ2) is 8.42. The number of aliphatic imine (C=N–C) groups is 1. The Hall–Kier alpha value is -2.76. The normalized spacial score (nSPS) is 30.6. The Bertz CT molecular complexity index is 1310. The molecule has 2 N–H and O–H groups in total. The first kappa shape index (κ1) is 24.0. The SMILES string of the molecule is [C-]#[N+]C1=CCC(C(=O)Nc2ccc(C3(O)CC4CCC(C3)S4(=O)=O)cc2C2=CCC(C)(C)CC2)=N1. The summed E-state index contributed by atoms with van der Waals surface area (Å²) in [6.07, 6.45) is 8.59. The number of rotatable bonds is 4. The highest BCUT2D eigenvalue weighted by molar-refractivity contribution is 7.93. The van der Waals surface area contributed by atoms with Crippen LogP contribution < -0.4 is 5.32 Å². The zero-order valence-electron chi connectivity index (χ0n) is 20.2. The Morgan fingerprint density at radius 1 is 1.20 bits per heavy atom. The predicted molar refractivity (Wildman–Crippen MR) is 136 cm³/mol. The van der Waals surface area contributed by atoms with Gasteiger partial charge in [0.1, 0.15) is 0 Å². The maximum Gasteiger partial charge on any atom is 0.293 e. The number of sulfone groups is 1. The number of aliphatic hydroxyl groups is 1. The fraction of sp³-hybridized carbons (Fsp3) is 0.519. The maximum absolute atomic E-state index is 12.9. The minimum atomic E-state index is -3.16. The number of hydrogen-bond acceptors (Lipinski definition) is 5. The third-order valence-electron chi connectivity index (χ3n) is 8.10. The lowest BCUT2D eigenvalue weighted by atomic mass is 9.76. The van der Waals surface area contributed by atoms with Gasteiger partial charge in [-0.2, -0.15) is 0 Å². The third-order valence-corrected chi connectivity index (χ3v) is 10.8. The average molecular weight is 494 g/mol. The Labute approximate surface area is 206 Å². The van der Waals surface area contributed by atoms with E-state index in [-0.39, 0.29) is 30.0 Å². The van der Waals surface area contributed by atoms with Crippen LogP contribution in [0.15, 0.2) is 41.2 Å². The molecule has 3 aliphatic heterocycles. The summed E-state index contributed by atoms with van der Waals surface area (Å²) in [5, 5.41) is 13.6. The van der Waals surface area contributed by atoms with Gasteiger partial charge >= 0.3 is 0 Å². The molecule has 35 heavy (non-hydrogen) atoms. The van der Waals surface area contributed by atoms with Crippen molar-refractivity contribution in [2.75, 3.05) is 5.32 Å². The number of nitrogens with zero attached hydrogens (tertiary/aromatic N) is 2. The summed E-state index contributed by atoms with van der Waals surface area (Å²) < 4.78 is 25.2. The third kappa shape index (κ3) is 4.36. The summed E-state index contributed by atoms with van der Waals surface area (Å²) in [6, 6.07) is 5.56. The molecule has 5 rings (SSSR count). The molecular weight excluding hydrogens is 462 g/mol. The van der Waals surface area contributed by atoms with Crippen LogP contribution in [0.3, 0.4) is 0 Å². The van der Waals surface area contributed by atoms with Crippen molar-refractivity contribution in [2.45, 2.75) is 81.3 Å². The number of carbonyl (C=O) groups is 1. The Kier molecular flexibility index (Phi) is 5.77. The standard InChI is InChI=1S/C27H31N3O4S/c1-26(2)12-10-17(11-13-26)21-14-18(27(32)15-19-5-6-20(16-27)35(19,33)34)4-7-22(21)30-25(31)23-8-9-24(28-3)29-23/h4,7,9-10,14,19-20,32H,5-6,8,11-13,15-16H2,1-2H3,(H,30,31). The molecule has 2 unspecified atom stereocenters. The highest BCUT2D eigenvalue weighted by Crippen LogP contribution is 2.49. The van der Waals surface area contributed by atoms with Crippen molar-refractivity contribution in [1.29, 1.82) is 0 Å². The summed E-state index contributed by atoms with van der Waals surface area (Å²) >= 11 is 0. The molecule has 1 amide bonds. The average Bonchev–Trinajstić information content (AvgIpc) is 3.33. The highest BCUT2D eigenvalue weighted by Gasteiger charge is 2.53. The fourth-order valence-corrected chi connectivity index (χ4v) is 8.33. The molecule has 1 aliphatic carbocycles. The van der Waals surface area contributed by atoms with E-state index in [0.29, 0.717) is 36.2 Å². The van der Waals surface area contributed by atoms with Gasteiger partial charge in [0.2, 0.25) is 0 Å². The van der Waals surface area contributed by atoms with E-state index >= 15 is 0 Å². The van der Waals surface area contributed by atoms with Gasteiger partial charge in [-0.15, -0.1) is 4.99 Å². The quantitative estimate of drug-likeness (QED) is 0.591. The first-order valence-electron chi connectivity index (χ1n) is 12.3. The first-order valence-corrected chi connectivity index (χ1v) is 13.9. The molecule has 2 bridgehead atoms. The highest BCUT2D eigenvalue weighted by atomic mass is 32.2. The van der Waals surface area contributed by atoms with E-state index in [1.54, 1.807) is 6.08 Å². The molecule has 7 nitrogen and oxygen atoms in total. The van der Waals surface area contributed by atoms with Crippen LogP contribution in [-0.2, 0) is 20.2 Å². The van der Waals surface area contributed by atoms with E-state index in [1.807, 2.05) is 18.2 Å². The summed E-state index contributed by atoms with van der Waals surface area (Å²) in [5.74, 6) is -0.113. The predicted octanol–water partition coefficient (Wildman–Crippen LogP) is 4.75.